The normalized spacial score (nSPS) is 14.1. The first-order chi connectivity index (χ1) is 9.40. The Morgan fingerprint density at radius 1 is 1.20 bits per heavy atom. The van der Waals surface area contributed by atoms with Crippen LogP contribution < -0.4 is 11.1 Å². The maximum atomic E-state index is 11.9. The van der Waals surface area contributed by atoms with Gasteiger partial charge in [0.2, 0.25) is 5.91 Å². The lowest BCUT2D eigenvalue weighted by atomic mass is 9.94. The first kappa shape index (κ1) is 18.9. The Bertz CT molecular complexity index is 287. The number of carbonyl (C=O) groups is 2. The van der Waals surface area contributed by atoms with Gasteiger partial charge in [-0.2, -0.15) is 0 Å². The molecule has 2 unspecified atom stereocenters. The van der Waals surface area contributed by atoms with E-state index in [0.717, 1.165) is 25.7 Å². The first-order valence-electron chi connectivity index (χ1n) is 7.61. The number of carboxylic acid groups (broad SMARTS) is 1. The minimum atomic E-state index is -0.879. The van der Waals surface area contributed by atoms with Crippen LogP contribution in [0.2, 0.25) is 0 Å². The van der Waals surface area contributed by atoms with Gasteiger partial charge in [-0.1, -0.05) is 33.6 Å². The zero-order valence-corrected chi connectivity index (χ0v) is 13.0. The maximum Gasteiger partial charge on any atom is 0.305 e. The summed E-state index contributed by atoms with van der Waals surface area (Å²) in [5.41, 5.74) is 5.58. The standard InChI is InChI=1S/C15H30N2O3/c1-4-5-12(8-9-16)6-7-14(18)17-13(11(2)3)10-15(19)20/h11-13H,4-10,16H2,1-3H3,(H,17,18)(H,19,20). The molecule has 0 saturated heterocycles. The van der Waals surface area contributed by atoms with Crippen molar-refractivity contribution in [1.82, 2.24) is 5.32 Å². The summed E-state index contributed by atoms with van der Waals surface area (Å²) in [7, 11) is 0. The van der Waals surface area contributed by atoms with Crippen molar-refractivity contribution in [3.05, 3.63) is 0 Å². The lowest BCUT2D eigenvalue weighted by Gasteiger charge is -2.21. The molecule has 20 heavy (non-hydrogen) atoms. The van der Waals surface area contributed by atoms with Gasteiger partial charge in [0.25, 0.3) is 0 Å². The molecule has 0 heterocycles. The van der Waals surface area contributed by atoms with E-state index in [1.165, 1.54) is 0 Å². The summed E-state index contributed by atoms with van der Waals surface area (Å²) in [5, 5.41) is 11.7. The number of hydrogen-bond donors (Lipinski definition) is 3. The molecule has 0 aliphatic rings. The third kappa shape index (κ3) is 8.91. The number of rotatable bonds is 11. The van der Waals surface area contributed by atoms with Crippen molar-refractivity contribution in [3.63, 3.8) is 0 Å². The van der Waals surface area contributed by atoms with Crippen LogP contribution in [0.1, 0.15) is 59.3 Å². The number of aliphatic carboxylic acids is 1. The highest BCUT2D eigenvalue weighted by molar-refractivity contribution is 5.77. The van der Waals surface area contributed by atoms with E-state index in [2.05, 4.69) is 12.2 Å². The predicted octanol–water partition coefficient (Wildman–Crippen LogP) is 2.15. The van der Waals surface area contributed by atoms with Gasteiger partial charge in [-0.15, -0.1) is 0 Å². The summed E-state index contributed by atoms with van der Waals surface area (Å²) in [6.07, 6.45) is 4.39. The molecule has 0 aromatic carbocycles. The second-order valence-corrected chi connectivity index (χ2v) is 5.79. The van der Waals surface area contributed by atoms with Gasteiger partial charge in [-0.05, 0) is 31.2 Å². The lowest BCUT2D eigenvalue weighted by Crippen LogP contribution is -2.40. The van der Waals surface area contributed by atoms with E-state index in [0.29, 0.717) is 18.9 Å². The second-order valence-electron chi connectivity index (χ2n) is 5.79. The summed E-state index contributed by atoms with van der Waals surface area (Å²) in [6, 6.07) is -0.292. The highest BCUT2D eigenvalue weighted by atomic mass is 16.4. The molecule has 0 aromatic rings. The Labute approximate surface area is 122 Å². The summed E-state index contributed by atoms with van der Waals surface area (Å²) < 4.78 is 0. The Morgan fingerprint density at radius 3 is 2.30 bits per heavy atom. The molecule has 4 N–H and O–H groups in total. The average molecular weight is 286 g/mol. The maximum absolute atomic E-state index is 11.9. The largest absolute Gasteiger partial charge is 0.481 e. The molecule has 2 atom stereocenters. The zero-order chi connectivity index (χ0) is 15.5. The van der Waals surface area contributed by atoms with E-state index in [4.69, 9.17) is 10.8 Å². The van der Waals surface area contributed by atoms with E-state index in [-0.39, 0.29) is 24.3 Å². The molecule has 0 radical (unpaired) electrons. The van der Waals surface area contributed by atoms with Gasteiger partial charge >= 0.3 is 5.97 Å². The molecule has 0 aliphatic heterocycles. The quantitative estimate of drug-likeness (QED) is 0.542. The lowest BCUT2D eigenvalue weighted by molar-refractivity contribution is -0.138. The van der Waals surface area contributed by atoms with Crippen molar-refractivity contribution in [2.24, 2.45) is 17.6 Å². The number of hydrogen-bond acceptors (Lipinski definition) is 3. The molecule has 1 amide bonds. The van der Waals surface area contributed by atoms with E-state index >= 15 is 0 Å². The van der Waals surface area contributed by atoms with Crippen molar-refractivity contribution in [2.75, 3.05) is 6.54 Å². The van der Waals surface area contributed by atoms with Crippen molar-refractivity contribution < 1.29 is 14.7 Å². The molecule has 118 valence electrons. The molecular formula is C15H30N2O3. The summed E-state index contributed by atoms with van der Waals surface area (Å²) in [5.74, 6) is -0.322. The molecular weight excluding hydrogens is 256 g/mol. The van der Waals surface area contributed by atoms with E-state index < -0.39 is 5.97 Å². The summed E-state index contributed by atoms with van der Waals surface area (Å²) in [6.45, 7) is 6.62. The van der Waals surface area contributed by atoms with Crippen molar-refractivity contribution in [2.45, 2.75) is 65.3 Å². The molecule has 0 saturated carbocycles. The molecule has 0 fully saturated rings. The molecule has 0 aromatic heterocycles. The van der Waals surface area contributed by atoms with Crippen LogP contribution in [0.25, 0.3) is 0 Å². The van der Waals surface area contributed by atoms with Crippen molar-refractivity contribution in [1.29, 1.82) is 0 Å². The SMILES string of the molecule is CCCC(CCN)CCC(=O)NC(CC(=O)O)C(C)C. The third-order valence-corrected chi connectivity index (χ3v) is 3.60. The molecule has 0 aliphatic carbocycles. The second kappa shape index (κ2) is 10.7. The number of nitrogens with two attached hydrogens (primary N) is 1. The van der Waals surface area contributed by atoms with E-state index in [1.807, 2.05) is 13.8 Å². The predicted molar refractivity (Wildman–Crippen MR) is 80.3 cm³/mol. The summed E-state index contributed by atoms with van der Waals surface area (Å²) in [4.78, 5) is 22.7. The van der Waals surface area contributed by atoms with Gasteiger partial charge in [-0.25, -0.2) is 0 Å². The fourth-order valence-electron chi connectivity index (χ4n) is 2.33. The van der Waals surface area contributed by atoms with Crippen LogP contribution in [0, 0.1) is 11.8 Å². The van der Waals surface area contributed by atoms with E-state index in [1.54, 1.807) is 0 Å². The molecule has 5 nitrogen and oxygen atoms in total. The van der Waals surface area contributed by atoms with Gasteiger partial charge in [-0.3, -0.25) is 9.59 Å². The smallest absolute Gasteiger partial charge is 0.305 e. The van der Waals surface area contributed by atoms with Crippen LogP contribution in [0.15, 0.2) is 0 Å². The highest BCUT2D eigenvalue weighted by Gasteiger charge is 2.19. The van der Waals surface area contributed by atoms with E-state index in [9.17, 15) is 9.59 Å². The number of amides is 1. The van der Waals surface area contributed by atoms with Crippen LogP contribution in [0.4, 0.5) is 0 Å². The average Bonchev–Trinajstić information content (AvgIpc) is 2.35. The molecule has 0 spiro atoms. The van der Waals surface area contributed by atoms with Crippen molar-refractivity contribution in [3.8, 4) is 0 Å². The monoisotopic (exact) mass is 286 g/mol. The highest BCUT2D eigenvalue weighted by Crippen LogP contribution is 2.17. The molecule has 0 rings (SSSR count). The van der Waals surface area contributed by atoms with Crippen LogP contribution in [-0.2, 0) is 9.59 Å². The number of carbonyl (C=O) groups excluding carboxylic acids is 1. The first-order valence-corrected chi connectivity index (χ1v) is 7.61. The fourth-order valence-corrected chi connectivity index (χ4v) is 2.33. The number of carboxylic acids is 1. The number of nitrogens with one attached hydrogen (secondary N) is 1. The van der Waals surface area contributed by atoms with Gasteiger partial charge in [0, 0.05) is 12.5 Å². The van der Waals surface area contributed by atoms with Crippen LogP contribution in [-0.4, -0.2) is 29.6 Å². The molecule has 0 bridgehead atoms. The van der Waals surface area contributed by atoms with Crippen molar-refractivity contribution >= 4 is 11.9 Å². The van der Waals surface area contributed by atoms with Gasteiger partial charge in [0.1, 0.15) is 0 Å². The topological polar surface area (TPSA) is 92.4 Å². The minimum Gasteiger partial charge on any atom is -0.481 e. The zero-order valence-electron chi connectivity index (χ0n) is 13.0. The van der Waals surface area contributed by atoms with Crippen LogP contribution >= 0.6 is 0 Å². The molecule has 5 heteroatoms. The minimum absolute atomic E-state index is 0.0232. The third-order valence-electron chi connectivity index (χ3n) is 3.60. The summed E-state index contributed by atoms with van der Waals surface area (Å²) >= 11 is 0. The Balaban J connectivity index is 4.20. The Hall–Kier alpha value is -1.10. The fraction of sp³-hybridized carbons (Fsp3) is 0.867. The Kier molecular flexibility index (Phi) is 10.1. The van der Waals surface area contributed by atoms with Gasteiger partial charge < -0.3 is 16.2 Å². The van der Waals surface area contributed by atoms with Gasteiger partial charge in [0.15, 0.2) is 0 Å². The van der Waals surface area contributed by atoms with Gasteiger partial charge in [0.05, 0.1) is 6.42 Å². The Morgan fingerprint density at radius 2 is 1.85 bits per heavy atom. The van der Waals surface area contributed by atoms with Crippen LogP contribution in [0.3, 0.4) is 0 Å². The van der Waals surface area contributed by atoms with Crippen LogP contribution in [0.5, 0.6) is 0 Å².